The first-order valence-electron chi connectivity index (χ1n) is 16.4. The van der Waals surface area contributed by atoms with Crippen LogP contribution < -0.4 is 20.5 Å². The zero-order valence-corrected chi connectivity index (χ0v) is 31.4. The molecule has 0 radical (unpaired) electrons. The minimum absolute atomic E-state index is 0. The van der Waals surface area contributed by atoms with E-state index < -0.39 is 10.1 Å². The molecule has 0 saturated heterocycles. The van der Waals surface area contributed by atoms with Gasteiger partial charge in [-0.3, -0.25) is 0 Å². The second-order valence-electron chi connectivity index (χ2n) is 12.0. The summed E-state index contributed by atoms with van der Waals surface area (Å²) < 4.78 is 38.8. The second kappa shape index (κ2) is 20.1. The smallest absolute Gasteiger partial charge is 0.118 e. The van der Waals surface area contributed by atoms with Gasteiger partial charge in [0.25, 0.3) is 0 Å². The predicted octanol–water partition coefficient (Wildman–Crippen LogP) is 8.84. The van der Waals surface area contributed by atoms with Crippen LogP contribution in [0.25, 0.3) is 22.3 Å². The van der Waals surface area contributed by atoms with Gasteiger partial charge in [0, 0.05) is 32.2 Å². The minimum Gasteiger partial charge on any atom is -0.748 e. The molecule has 0 aliphatic heterocycles. The summed E-state index contributed by atoms with van der Waals surface area (Å²) in [6.45, 7) is 0. The van der Waals surface area contributed by atoms with Crippen LogP contribution in [0.4, 0.5) is 5.69 Å². The van der Waals surface area contributed by atoms with E-state index in [1.165, 1.54) is 75.1 Å². The molecular formula is C39H47NO5PPdS-3. The van der Waals surface area contributed by atoms with Gasteiger partial charge >= 0.3 is 0 Å². The van der Waals surface area contributed by atoms with Crippen LogP contribution in [0, 0.1) is 12.1 Å². The van der Waals surface area contributed by atoms with Crippen molar-refractivity contribution in [2.75, 3.05) is 26.2 Å². The van der Waals surface area contributed by atoms with E-state index in [4.69, 9.17) is 28.2 Å². The van der Waals surface area contributed by atoms with Crippen LogP contribution in [0.3, 0.4) is 0 Å². The Balaban J connectivity index is 0.000000272. The molecule has 0 heterocycles. The number of nitrogens with two attached hydrogens (primary N) is 1. The van der Waals surface area contributed by atoms with Crippen molar-refractivity contribution in [1.29, 1.82) is 0 Å². The SMILES string of the molecule is COc1cccc(OC)c1-c1ccc[c-]c1P(C1CCCCC1)C1CCCCC1.CS(=O)(=O)[O-].Nc1[c-]cccc1-c1ccccc1.[Pd]. The molecule has 0 amide bonds. The summed E-state index contributed by atoms with van der Waals surface area (Å²) in [5, 5.41) is 1.46. The van der Waals surface area contributed by atoms with Crippen LogP contribution in [0.15, 0.2) is 84.9 Å². The van der Waals surface area contributed by atoms with Crippen LogP contribution >= 0.6 is 7.92 Å². The van der Waals surface area contributed by atoms with Gasteiger partial charge in [0.05, 0.1) is 24.3 Å². The number of hydrogen-bond acceptors (Lipinski definition) is 6. The molecule has 262 valence electrons. The van der Waals surface area contributed by atoms with E-state index in [2.05, 4.69) is 42.5 Å². The average molecular weight is 779 g/mol. The standard InChI is InChI=1S/C26H34O2P.C12H10N.CH4O3S.Pd/c1-27-23-17-11-18-24(28-2)26(23)22-16-9-10-19-25(22)29(20-12-5-3-6-13-20)21-14-7-4-8-15-21;13-12-9-5-4-8-11(12)10-6-2-1-3-7-10;1-5(2,3)4;/h9-11,16-18,20-21H,3-8,12-15H2,1-2H3;1-8H,13H2;1H3,(H,2,3,4);/q2*-1;;/p-1. The number of benzene rings is 4. The fourth-order valence-corrected chi connectivity index (χ4v) is 10.5. The molecule has 6 nitrogen and oxygen atoms in total. The van der Waals surface area contributed by atoms with Gasteiger partial charge in [0.2, 0.25) is 0 Å². The molecule has 2 fully saturated rings. The van der Waals surface area contributed by atoms with Crippen molar-refractivity contribution < 1.29 is 42.9 Å². The minimum atomic E-state index is -3.92. The molecule has 2 saturated carbocycles. The molecule has 0 unspecified atom stereocenters. The van der Waals surface area contributed by atoms with Crippen molar-refractivity contribution in [2.45, 2.75) is 75.5 Å². The average Bonchev–Trinajstić information content (AvgIpc) is 3.09. The molecule has 2 aliphatic carbocycles. The van der Waals surface area contributed by atoms with Crippen molar-refractivity contribution >= 4 is 29.0 Å². The number of hydrogen-bond donors (Lipinski definition) is 1. The number of nitrogen functional groups attached to an aromatic ring is 1. The van der Waals surface area contributed by atoms with Crippen molar-refractivity contribution in [1.82, 2.24) is 0 Å². The van der Waals surface area contributed by atoms with E-state index in [-0.39, 0.29) is 28.3 Å². The van der Waals surface area contributed by atoms with Gasteiger partial charge in [-0.1, -0.05) is 94.1 Å². The van der Waals surface area contributed by atoms with Crippen LogP contribution in [0.5, 0.6) is 11.5 Å². The number of para-hydroxylation sites is 1. The van der Waals surface area contributed by atoms with E-state index >= 15 is 0 Å². The van der Waals surface area contributed by atoms with Gasteiger partial charge in [-0.25, -0.2) is 8.42 Å². The Morgan fingerprint density at radius 1 is 0.708 bits per heavy atom. The number of anilines is 1. The van der Waals surface area contributed by atoms with Gasteiger partial charge in [-0.2, -0.15) is 48.5 Å². The van der Waals surface area contributed by atoms with Crippen LogP contribution in [0.1, 0.15) is 64.2 Å². The van der Waals surface area contributed by atoms with E-state index in [9.17, 15) is 0 Å². The summed E-state index contributed by atoms with van der Waals surface area (Å²) in [4.78, 5) is 0. The molecule has 6 rings (SSSR count). The normalized spacial score (nSPS) is 15.2. The first kappa shape index (κ1) is 39.7. The molecule has 9 heteroatoms. The van der Waals surface area contributed by atoms with Gasteiger partial charge < -0.3 is 19.8 Å². The Morgan fingerprint density at radius 3 is 1.67 bits per heavy atom. The van der Waals surface area contributed by atoms with Crippen LogP contribution in [-0.2, 0) is 30.5 Å². The van der Waals surface area contributed by atoms with Crippen molar-refractivity contribution in [2.24, 2.45) is 0 Å². The quantitative estimate of drug-likeness (QED) is 0.0662. The Hall–Kier alpha value is -2.72. The molecule has 48 heavy (non-hydrogen) atoms. The largest absolute Gasteiger partial charge is 0.748 e. The van der Waals surface area contributed by atoms with Gasteiger partial charge in [0.1, 0.15) is 11.5 Å². The van der Waals surface area contributed by atoms with E-state index in [0.717, 1.165) is 39.5 Å². The van der Waals surface area contributed by atoms with Crippen molar-refractivity contribution in [3.8, 4) is 33.8 Å². The maximum absolute atomic E-state index is 9.08. The van der Waals surface area contributed by atoms with E-state index in [1.54, 1.807) is 14.2 Å². The molecule has 0 spiro atoms. The van der Waals surface area contributed by atoms with Crippen LogP contribution in [0.2, 0.25) is 0 Å². The van der Waals surface area contributed by atoms with Crippen LogP contribution in [-0.4, -0.2) is 44.8 Å². The molecule has 0 bridgehead atoms. The zero-order chi connectivity index (χ0) is 33.6. The Kier molecular flexibility index (Phi) is 16.6. The third-order valence-corrected chi connectivity index (χ3v) is 12.2. The summed E-state index contributed by atoms with van der Waals surface area (Å²) in [5.41, 5.74) is 12.8. The summed E-state index contributed by atoms with van der Waals surface area (Å²) in [5.74, 6) is 1.79. The second-order valence-corrected chi connectivity index (χ2v) is 16.2. The van der Waals surface area contributed by atoms with E-state index in [0.29, 0.717) is 11.9 Å². The molecule has 0 aromatic heterocycles. The van der Waals surface area contributed by atoms with Crippen molar-refractivity contribution in [3.63, 3.8) is 0 Å². The summed E-state index contributed by atoms with van der Waals surface area (Å²) >= 11 is 0. The molecular weight excluding hydrogens is 732 g/mol. The Bertz CT molecular complexity index is 1590. The molecule has 4 aromatic rings. The predicted molar refractivity (Wildman–Crippen MR) is 195 cm³/mol. The monoisotopic (exact) mass is 778 g/mol. The van der Waals surface area contributed by atoms with Gasteiger partial charge in [0.15, 0.2) is 0 Å². The molecule has 2 aliphatic rings. The Morgan fingerprint density at radius 2 is 1.19 bits per heavy atom. The summed E-state index contributed by atoms with van der Waals surface area (Å²) in [6.07, 6.45) is 14.6. The first-order chi connectivity index (χ1) is 22.7. The van der Waals surface area contributed by atoms with Crippen molar-refractivity contribution in [3.05, 3.63) is 97.1 Å². The Labute approximate surface area is 303 Å². The van der Waals surface area contributed by atoms with Gasteiger partial charge in [-0.05, 0) is 49.1 Å². The molecule has 4 aromatic carbocycles. The molecule has 0 atom stereocenters. The third kappa shape index (κ3) is 11.7. The topological polar surface area (TPSA) is 102 Å². The summed E-state index contributed by atoms with van der Waals surface area (Å²) in [7, 11) is -0.635. The maximum atomic E-state index is 9.08. The maximum Gasteiger partial charge on any atom is 0.118 e. The third-order valence-electron chi connectivity index (χ3n) is 8.70. The fraction of sp³-hybridized carbons (Fsp3) is 0.385. The molecule has 2 N–H and O–H groups in total. The van der Waals surface area contributed by atoms with E-state index in [1.807, 2.05) is 54.6 Å². The first-order valence-corrected chi connectivity index (χ1v) is 19.7. The number of methoxy groups -OCH3 is 2. The fourth-order valence-electron chi connectivity index (χ4n) is 6.66. The number of rotatable bonds is 7. The summed E-state index contributed by atoms with van der Waals surface area (Å²) in [6, 6.07) is 35.2. The zero-order valence-electron chi connectivity index (χ0n) is 28.1. The van der Waals surface area contributed by atoms with Gasteiger partial charge in [-0.15, -0.1) is 16.4 Å². The number of ether oxygens (including phenoxy) is 2.